The SMILES string of the molecule is NCCN1CCCN(C(=O)C2CCCCCCC2)CC1. The smallest absolute Gasteiger partial charge is 0.225 e. The molecule has 1 amide bonds. The zero-order chi connectivity index (χ0) is 14.2. The summed E-state index contributed by atoms with van der Waals surface area (Å²) >= 11 is 0. The van der Waals surface area contributed by atoms with Crippen molar-refractivity contribution in [2.45, 2.75) is 51.4 Å². The average Bonchev–Trinajstić information content (AvgIpc) is 2.64. The Hall–Kier alpha value is -0.610. The van der Waals surface area contributed by atoms with Gasteiger partial charge in [0.05, 0.1) is 0 Å². The van der Waals surface area contributed by atoms with Crippen molar-refractivity contribution < 1.29 is 4.79 Å². The average molecular weight is 281 g/mol. The molecule has 4 nitrogen and oxygen atoms in total. The fraction of sp³-hybridized carbons (Fsp3) is 0.938. The largest absolute Gasteiger partial charge is 0.341 e. The molecule has 0 aromatic carbocycles. The summed E-state index contributed by atoms with van der Waals surface area (Å²) in [6, 6.07) is 0. The Labute approximate surface area is 123 Å². The van der Waals surface area contributed by atoms with Crippen LogP contribution in [0, 0.1) is 5.92 Å². The molecule has 0 unspecified atom stereocenters. The van der Waals surface area contributed by atoms with Gasteiger partial charge >= 0.3 is 0 Å². The number of carbonyl (C=O) groups excluding carboxylic acids is 1. The standard InChI is InChI=1S/C16H31N3O/c17-9-12-18-10-6-11-19(14-13-18)16(20)15-7-4-2-1-3-5-8-15/h15H,1-14,17H2. The van der Waals surface area contributed by atoms with Gasteiger partial charge in [0.15, 0.2) is 0 Å². The topological polar surface area (TPSA) is 49.6 Å². The van der Waals surface area contributed by atoms with Gasteiger partial charge in [-0.15, -0.1) is 0 Å². The minimum atomic E-state index is 0.302. The lowest BCUT2D eigenvalue weighted by Gasteiger charge is -2.27. The van der Waals surface area contributed by atoms with Gasteiger partial charge < -0.3 is 15.5 Å². The van der Waals surface area contributed by atoms with E-state index in [0.29, 0.717) is 11.8 Å². The van der Waals surface area contributed by atoms with Gasteiger partial charge in [0.25, 0.3) is 0 Å². The van der Waals surface area contributed by atoms with Crippen LogP contribution in [0.25, 0.3) is 0 Å². The predicted octanol–water partition coefficient (Wildman–Crippen LogP) is 1.84. The van der Waals surface area contributed by atoms with Gasteiger partial charge in [0.1, 0.15) is 0 Å². The normalized spacial score (nSPS) is 23.9. The molecule has 20 heavy (non-hydrogen) atoms. The van der Waals surface area contributed by atoms with Crippen LogP contribution in [0.3, 0.4) is 0 Å². The van der Waals surface area contributed by atoms with E-state index in [4.69, 9.17) is 5.73 Å². The van der Waals surface area contributed by atoms with Crippen molar-refractivity contribution in [2.75, 3.05) is 39.3 Å². The van der Waals surface area contributed by atoms with E-state index < -0.39 is 0 Å². The molecular weight excluding hydrogens is 250 g/mol. The highest BCUT2D eigenvalue weighted by molar-refractivity contribution is 5.78. The highest BCUT2D eigenvalue weighted by Gasteiger charge is 2.26. The molecule has 2 aliphatic rings. The second-order valence-electron chi connectivity index (χ2n) is 6.35. The minimum absolute atomic E-state index is 0.302. The van der Waals surface area contributed by atoms with Crippen molar-refractivity contribution in [2.24, 2.45) is 11.7 Å². The number of hydrogen-bond donors (Lipinski definition) is 1. The first-order chi connectivity index (χ1) is 9.81. The number of carbonyl (C=O) groups is 1. The van der Waals surface area contributed by atoms with Crippen LogP contribution in [0.4, 0.5) is 0 Å². The van der Waals surface area contributed by atoms with Crippen LogP contribution in [0.15, 0.2) is 0 Å². The fourth-order valence-electron chi connectivity index (χ4n) is 3.56. The Bertz CT molecular complexity index is 287. The molecule has 1 saturated carbocycles. The summed E-state index contributed by atoms with van der Waals surface area (Å²) in [5.74, 6) is 0.734. The van der Waals surface area contributed by atoms with E-state index in [1.54, 1.807) is 0 Å². The van der Waals surface area contributed by atoms with Crippen LogP contribution in [0.2, 0.25) is 0 Å². The van der Waals surface area contributed by atoms with Crippen molar-refractivity contribution in [3.8, 4) is 0 Å². The maximum Gasteiger partial charge on any atom is 0.225 e. The third-order valence-electron chi connectivity index (χ3n) is 4.80. The van der Waals surface area contributed by atoms with E-state index in [9.17, 15) is 4.79 Å². The molecule has 116 valence electrons. The molecular formula is C16H31N3O. The number of nitrogens with zero attached hydrogens (tertiary/aromatic N) is 2. The van der Waals surface area contributed by atoms with Gasteiger partial charge in [-0.3, -0.25) is 4.79 Å². The Morgan fingerprint density at radius 2 is 1.60 bits per heavy atom. The lowest BCUT2D eigenvalue weighted by molar-refractivity contribution is -0.136. The Kier molecular flexibility index (Phi) is 6.80. The molecule has 0 radical (unpaired) electrons. The van der Waals surface area contributed by atoms with E-state index in [0.717, 1.165) is 58.5 Å². The van der Waals surface area contributed by atoms with Gasteiger partial charge in [-0.2, -0.15) is 0 Å². The zero-order valence-corrected chi connectivity index (χ0v) is 12.9. The predicted molar refractivity (Wildman–Crippen MR) is 82.5 cm³/mol. The maximum atomic E-state index is 12.7. The Morgan fingerprint density at radius 3 is 2.30 bits per heavy atom. The molecule has 0 bridgehead atoms. The van der Waals surface area contributed by atoms with E-state index >= 15 is 0 Å². The molecule has 1 aliphatic carbocycles. The second kappa shape index (κ2) is 8.63. The van der Waals surface area contributed by atoms with Gasteiger partial charge in [0.2, 0.25) is 5.91 Å². The van der Waals surface area contributed by atoms with Gasteiger partial charge in [-0.25, -0.2) is 0 Å². The van der Waals surface area contributed by atoms with Crippen LogP contribution >= 0.6 is 0 Å². The maximum absolute atomic E-state index is 12.7. The Balaban J connectivity index is 1.84. The summed E-state index contributed by atoms with van der Waals surface area (Å²) in [5.41, 5.74) is 5.63. The molecule has 0 aromatic rings. The summed E-state index contributed by atoms with van der Waals surface area (Å²) in [6.45, 7) is 5.61. The molecule has 0 atom stereocenters. The first kappa shape index (κ1) is 15.8. The molecule has 2 N–H and O–H groups in total. The quantitative estimate of drug-likeness (QED) is 0.859. The van der Waals surface area contributed by atoms with Gasteiger partial charge in [-0.1, -0.05) is 32.1 Å². The van der Waals surface area contributed by atoms with Crippen molar-refractivity contribution in [3.05, 3.63) is 0 Å². The van der Waals surface area contributed by atoms with Crippen molar-refractivity contribution in [3.63, 3.8) is 0 Å². The first-order valence-electron chi connectivity index (χ1n) is 8.52. The van der Waals surface area contributed by atoms with Crippen LogP contribution in [0.5, 0.6) is 0 Å². The molecule has 2 rings (SSSR count). The van der Waals surface area contributed by atoms with E-state index in [-0.39, 0.29) is 0 Å². The summed E-state index contributed by atoms with van der Waals surface area (Å²) in [5, 5.41) is 0. The molecule has 1 heterocycles. The highest BCUT2D eigenvalue weighted by Crippen LogP contribution is 2.24. The monoisotopic (exact) mass is 281 g/mol. The number of nitrogens with two attached hydrogens (primary N) is 1. The van der Waals surface area contributed by atoms with Crippen LogP contribution in [-0.2, 0) is 4.79 Å². The van der Waals surface area contributed by atoms with Crippen molar-refractivity contribution in [1.29, 1.82) is 0 Å². The van der Waals surface area contributed by atoms with E-state index in [2.05, 4.69) is 9.80 Å². The lowest BCUT2D eigenvalue weighted by Crippen LogP contribution is -2.39. The first-order valence-corrected chi connectivity index (χ1v) is 8.52. The number of amides is 1. The van der Waals surface area contributed by atoms with Crippen LogP contribution in [0.1, 0.15) is 51.4 Å². The third-order valence-corrected chi connectivity index (χ3v) is 4.80. The number of rotatable bonds is 3. The van der Waals surface area contributed by atoms with E-state index in [1.165, 1.54) is 32.1 Å². The van der Waals surface area contributed by atoms with Crippen LogP contribution in [-0.4, -0.2) is 55.0 Å². The molecule has 1 aliphatic heterocycles. The second-order valence-corrected chi connectivity index (χ2v) is 6.35. The highest BCUT2D eigenvalue weighted by atomic mass is 16.2. The lowest BCUT2D eigenvalue weighted by atomic mass is 9.90. The molecule has 0 aromatic heterocycles. The molecule has 4 heteroatoms. The van der Waals surface area contributed by atoms with Crippen LogP contribution < -0.4 is 5.73 Å². The van der Waals surface area contributed by atoms with Crippen molar-refractivity contribution in [1.82, 2.24) is 9.80 Å². The third kappa shape index (κ3) is 4.74. The van der Waals surface area contributed by atoms with Crippen molar-refractivity contribution >= 4 is 5.91 Å². The summed E-state index contributed by atoms with van der Waals surface area (Å²) in [7, 11) is 0. The molecule has 2 fully saturated rings. The zero-order valence-electron chi connectivity index (χ0n) is 12.9. The van der Waals surface area contributed by atoms with Gasteiger partial charge in [-0.05, 0) is 25.8 Å². The van der Waals surface area contributed by atoms with Gasteiger partial charge in [0, 0.05) is 38.6 Å². The minimum Gasteiger partial charge on any atom is -0.341 e. The number of hydrogen-bond acceptors (Lipinski definition) is 3. The fourth-order valence-corrected chi connectivity index (χ4v) is 3.56. The summed E-state index contributed by atoms with van der Waals surface area (Å²) < 4.78 is 0. The summed E-state index contributed by atoms with van der Waals surface area (Å²) in [6.07, 6.45) is 9.79. The van der Waals surface area contributed by atoms with E-state index in [1.807, 2.05) is 0 Å². The summed E-state index contributed by atoms with van der Waals surface area (Å²) in [4.78, 5) is 17.2. The molecule has 0 spiro atoms. The molecule has 1 saturated heterocycles. The Morgan fingerprint density at radius 1 is 0.900 bits per heavy atom.